The molecule has 0 spiro atoms. The van der Waals surface area contributed by atoms with E-state index in [0.717, 1.165) is 109 Å². The molecule has 0 saturated carbocycles. The first-order valence-electron chi connectivity index (χ1n) is 26.9. The van der Waals surface area contributed by atoms with Gasteiger partial charge in [0.15, 0.2) is 0 Å². The SMILES string of the molecule is CC/C=C\C/C=C\C/C=C\C/C=C\C/C=C\C/C=C\C/C=C\C/C=C\C/C=C\CCCCCCCCCC(=O)NC(COP(=O)([O-])OCC[N+](C)(C)C)C(O)/C=C/CCCCCCCCCCC. The first kappa shape index (κ1) is 64.9. The summed E-state index contributed by atoms with van der Waals surface area (Å²) >= 11 is 0. The Labute approximate surface area is 418 Å². The van der Waals surface area contributed by atoms with Crippen molar-refractivity contribution in [1.29, 1.82) is 0 Å². The van der Waals surface area contributed by atoms with Crippen LogP contribution < -0.4 is 10.2 Å². The van der Waals surface area contributed by atoms with Crippen LogP contribution in [0.5, 0.6) is 0 Å². The largest absolute Gasteiger partial charge is 0.756 e. The van der Waals surface area contributed by atoms with Crippen molar-refractivity contribution in [3.05, 3.63) is 122 Å². The van der Waals surface area contributed by atoms with Crippen LogP contribution >= 0.6 is 7.82 Å². The van der Waals surface area contributed by atoms with Crippen LogP contribution in [0.4, 0.5) is 0 Å². The molecule has 0 aliphatic rings. The Morgan fingerprint density at radius 1 is 0.529 bits per heavy atom. The summed E-state index contributed by atoms with van der Waals surface area (Å²) < 4.78 is 23.2. The molecule has 0 radical (unpaired) electrons. The van der Waals surface area contributed by atoms with Crippen LogP contribution in [-0.4, -0.2) is 68.5 Å². The van der Waals surface area contributed by atoms with Gasteiger partial charge in [-0.2, -0.15) is 0 Å². The Morgan fingerprint density at radius 2 is 0.897 bits per heavy atom. The second-order valence-corrected chi connectivity index (χ2v) is 20.3. The maximum absolute atomic E-state index is 12.9. The van der Waals surface area contributed by atoms with Crippen molar-refractivity contribution in [1.82, 2.24) is 5.32 Å². The van der Waals surface area contributed by atoms with Crippen molar-refractivity contribution in [3.63, 3.8) is 0 Å². The number of phosphoric acid groups is 1. The van der Waals surface area contributed by atoms with E-state index in [0.29, 0.717) is 17.4 Å². The number of unbranched alkanes of at least 4 members (excludes halogenated alkanes) is 16. The first-order valence-corrected chi connectivity index (χ1v) is 28.4. The van der Waals surface area contributed by atoms with Gasteiger partial charge in [0.2, 0.25) is 5.91 Å². The van der Waals surface area contributed by atoms with Crippen LogP contribution in [0.3, 0.4) is 0 Å². The lowest BCUT2D eigenvalue weighted by Crippen LogP contribution is -2.45. The lowest BCUT2D eigenvalue weighted by molar-refractivity contribution is -0.870. The number of aliphatic hydroxyl groups excluding tert-OH is 1. The van der Waals surface area contributed by atoms with Gasteiger partial charge in [-0.25, -0.2) is 0 Å². The zero-order valence-electron chi connectivity index (χ0n) is 44.0. The molecule has 0 saturated heterocycles. The van der Waals surface area contributed by atoms with Crippen molar-refractivity contribution >= 4 is 13.7 Å². The Balaban J connectivity index is 4.18. The van der Waals surface area contributed by atoms with Crippen LogP contribution in [-0.2, 0) is 18.4 Å². The molecule has 1 amide bonds. The van der Waals surface area contributed by atoms with E-state index in [2.05, 4.69) is 129 Å². The fourth-order valence-electron chi connectivity index (χ4n) is 6.97. The topological polar surface area (TPSA) is 108 Å². The number of hydrogen-bond donors (Lipinski definition) is 2. The molecular formula is C59H101N2O6P. The number of quaternary nitrogens is 1. The molecule has 0 fully saturated rings. The number of carbonyl (C=O) groups is 1. The fraction of sp³-hybridized carbons (Fsp3) is 0.644. The van der Waals surface area contributed by atoms with Crippen LogP contribution in [0.1, 0.15) is 194 Å². The maximum Gasteiger partial charge on any atom is 0.268 e. The number of likely N-dealkylation sites (N-methyl/N-ethyl adjacent to an activating group) is 1. The van der Waals surface area contributed by atoms with E-state index in [4.69, 9.17) is 9.05 Å². The third-order valence-corrected chi connectivity index (χ3v) is 12.1. The van der Waals surface area contributed by atoms with Crippen LogP contribution in [0.15, 0.2) is 122 Å². The normalized spacial score (nSPS) is 15.0. The predicted octanol–water partition coefficient (Wildman–Crippen LogP) is 15.6. The minimum absolute atomic E-state index is 0.00977. The molecule has 68 heavy (non-hydrogen) atoms. The van der Waals surface area contributed by atoms with E-state index in [1.165, 1.54) is 64.2 Å². The van der Waals surface area contributed by atoms with Crippen molar-refractivity contribution in [2.75, 3.05) is 40.9 Å². The van der Waals surface area contributed by atoms with E-state index >= 15 is 0 Å². The number of allylic oxidation sites excluding steroid dienone is 19. The van der Waals surface area contributed by atoms with Gasteiger partial charge in [0.05, 0.1) is 39.9 Å². The summed E-state index contributed by atoms with van der Waals surface area (Å²) in [5, 5.41) is 13.8. The highest BCUT2D eigenvalue weighted by atomic mass is 31.2. The zero-order chi connectivity index (χ0) is 49.9. The summed E-state index contributed by atoms with van der Waals surface area (Å²) in [6.07, 6.45) is 72.7. The molecule has 8 nitrogen and oxygen atoms in total. The lowest BCUT2D eigenvalue weighted by Gasteiger charge is -2.29. The fourth-order valence-corrected chi connectivity index (χ4v) is 7.69. The van der Waals surface area contributed by atoms with Gasteiger partial charge in [-0.3, -0.25) is 9.36 Å². The highest BCUT2D eigenvalue weighted by Gasteiger charge is 2.23. The summed E-state index contributed by atoms with van der Waals surface area (Å²) in [5.74, 6) is -0.216. The highest BCUT2D eigenvalue weighted by Crippen LogP contribution is 2.38. The second kappa shape index (κ2) is 48.9. The number of nitrogens with one attached hydrogen (secondary N) is 1. The van der Waals surface area contributed by atoms with Gasteiger partial charge in [-0.15, -0.1) is 0 Å². The van der Waals surface area contributed by atoms with Crippen molar-refractivity contribution in [2.24, 2.45) is 0 Å². The third-order valence-electron chi connectivity index (χ3n) is 11.2. The summed E-state index contributed by atoms with van der Waals surface area (Å²) in [5.41, 5.74) is 0. The van der Waals surface area contributed by atoms with Gasteiger partial charge in [0, 0.05) is 6.42 Å². The van der Waals surface area contributed by atoms with Crippen molar-refractivity contribution in [3.8, 4) is 0 Å². The Morgan fingerprint density at radius 3 is 1.31 bits per heavy atom. The number of phosphoric ester groups is 1. The number of amides is 1. The van der Waals surface area contributed by atoms with Gasteiger partial charge in [0.25, 0.3) is 7.82 Å². The standard InChI is InChI=1S/C59H101N2O6P/c1-6-8-10-12-14-16-18-19-20-21-22-23-24-25-26-27-28-29-30-31-32-33-34-35-36-37-38-39-40-41-43-45-47-49-51-53-59(63)60-57(56-67-68(64,65)66-55-54-61(3,4)5)58(62)52-50-48-46-44-42-17-15-13-11-9-7-2/h8,10,14,16,19-20,22-23,25-26,28-29,31-32,34-35,37-38,50,52,57-58,62H,6-7,9,11-13,15,17-18,21,24,27,30,33,36,39-49,51,53-56H2,1-5H3,(H-,60,63,64,65)/b10-8-,16-14-,20-19-,23-22-,26-25-,29-28-,32-31-,35-34-,38-37-,52-50+. The molecule has 0 aromatic carbocycles. The number of aliphatic hydroxyl groups is 1. The summed E-state index contributed by atoms with van der Waals surface area (Å²) in [6, 6.07) is -0.900. The van der Waals surface area contributed by atoms with Crippen LogP contribution in [0.2, 0.25) is 0 Å². The monoisotopic (exact) mass is 965 g/mol. The van der Waals surface area contributed by atoms with Gasteiger partial charge in [-0.05, 0) is 89.9 Å². The average Bonchev–Trinajstić information content (AvgIpc) is 3.30. The lowest BCUT2D eigenvalue weighted by atomic mass is 10.1. The minimum atomic E-state index is -4.60. The molecule has 388 valence electrons. The van der Waals surface area contributed by atoms with E-state index in [1.807, 2.05) is 27.2 Å². The molecular weight excluding hydrogens is 864 g/mol. The Bertz CT molecular complexity index is 1510. The third kappa shape index (κ3) is 50.8. The van der Waals surface area contributed by atoms with Gasteiger partial charge >= 0.3 is 0 Å². The van der Waals surface area contributed by atoms with E-state index < -0.39 is 26.6 Å². The molecule has 0 aliphatic heterocycles. The zero-order valence-corrected chi connectivity index (χ0v) is 44.9. The molecule has 0 rings (SSSR count). The number of nitrogens with zero attached hydrogens (tertiary/aromatic N) is 1. The van der Waals surface area contributed by atoms with Gasteiger partial charge < -0.3 is 28.8 Å². The molecule has 3 atom stereocenters. The second-order valence-electron chi connectivity index (χ2n) is 18.9. The van der Waals surface area contributed by atoms with E-state index in [-0.39, 0.29) is 12.5 Å². The predicted molar refractivity (Wildman–Crippen MR) is 292 cm³/mol. The summed E-state index contributed by atoms with van der Waals surface area (Å²) in [6.45, 7) is 4.48. The Kier molecular flexibility index (Phi) is 46.7. The molecule has 0 bridgehead atoms. The van der Waals surface area contributed by atoms with Crippen molar-refractivity contribution < 1.29 is 32.9 Å². The average molecular weight is 965 g/mol. The number of hydrogen-bond acceptors (Lipinski definition) is 6. The number of carbonyl (C=O) groups excluding carboxylic acids is 1. The molecule has 0 aromatic rings. The molecule has 0 aliphatic carbocycles. The van der Waals surface area contributed by atoms with Crippen molar-refractivity contribution in [2.45, 2.75) is 206 Å². The maximum atomic E-state index is 12.9. The molecule has 0 aromatic heterocycles. The van der Waals surface area contributed by atoms with Crippen LogP contribution in [0, 0.1) is 0 Å². The highest BCUT2D eigenvalue weighted by molar-refractivity contribution is 7.45. The molecule has 3 unspecified atom stereocenters. The van der Waals surface area contributed by atoms with Gasteiger partial charge in [-0.1, -0.05) is 219 Å². The minimum Gasteiger partial charge on any atom is -0.756 e. The van der Waals surface area contributed by atoms with Crippen LogP contribution in [0.25, 0.3) is 0 Å². The smallest absolute Gasteiger partial charge is 0.268 e. The summed E-state index contributed by atoms with van der Waals surface area (Å²) in [4.78, 5) is 25.4. The number of rotatable bonds is 47. The van der Waals surface area contributed by atoms with Gasteiger partial charge in [0.1, 0.15) is 13.2 Å². The molecule has 9 heteroatoms. The Hall–Kier alpha value is -3.10. The summed E-state index contributed by atoms with van der Waals surface area (Å²) in [7, 11) is 1.23. The quantitative estimate of drug-likeness (QED) is 0.0272. The molecule has 2 N–H and O–H groups in total. The molecule has 0 heterocycles. The van der Waals surface area contributed by atoms with E-state index in [1.54, 1.807) is 6.08 Å². The first-order chi connectivity index (χ1) is 33.0. The van der Waals surface area contributed by atoms with E-state index in [9.17, 15) is 19.4 Å².